The monoisotopic (exact) mass is 163 g/mol. The molecule has 0 spiro atoms. The van der Waals surface area contributed by atoms with Crippen LogP contribution in [0.3, 0.4) is 0 Å². The summed E-state index contributed by atoms with van der Waals surface area (Å²) in [5.74, 6) is 0. The van der Waals surface area contributed by atoms with E-state index in [0.29, 0.717) is 26.3 Å². The van der Waals surface area contributed by atoms with Crippen molar-refractivity contribution in [1.29, 1.82) is 0 Å². The standard InChI is InChI=1S/C4H10BNO3S/c5-10(7,8)6-1-3-9-4-2-6/h1-5H2. The van der Waals surface area contributed by atoms with E-state index in [1.165, 1.54) is 11.4 Å². The molecule has 0 amide bonds. The van der Waals surface area contributed by atoms with E-state index in [4.69, 9.17) is 4.74 Å². The van der Waals surface area contributed by atoms with Crippen LogP contribution in [0.4, 0.5) is 0 Å². The molecule has 1 rings (SSSR count). The van der Waals surface area contributed by atoms with E-state index in [2.05, 4.69) is 0 Å². The summed E-state index contributed by atoms with van der Waals surface area (Å²) >= 11 is 0. The second-order valence-corrected chi connectivity index (χ2v) is 4.26. The van der Waals surface area contributed by atoms with Gasteiger partial charge in [-0.15, -0.1) is 0 Å². The maximum atomic E-state index is 10.9. The van der Waals surface area contributed by atoms with Crippen molar-refractivity contribution in [3.8, 4) is 0 Å². The van der Waals surface area contributed by atoms with Gasteiger partial charge in [-0.2, -0.15) is 0 Å². The molecule has 10 heavy (non-hydrogen) atoms. The summed E-state index contributed by atoms with van der Waals surface area (Å²) in [5.41, 5.74) is 0. The Morgan fingerprint density at radius 2 is 1.80 bits per heavy atom. The first-order valence-electron chi connectivity index (χ1n) is 3.13. The normalized spacial score (nSPS) is 22.8. The number of nitrogens with zero attached hydrogens (tertiary/aromatic N) is 1. The SMILES string of the molecule is BS(=O)(=O)N1CCOCC1. The molecule has 1 fully saturated rings. The minimum atomic E-state index is -2.97. The van der Waals surface area contributed by atoms with Crippen molar-refractivity contribution >= 4 is 17.0 Å². The van der Waals surface area contributed by atoms with Crippen molar-refractivity contribution in [2.75, 3.05) is 26.3 Å². The van der Waals surface area contributed by atoms with Gasteiger partial charge in [0.15, 0.2) is 9.87 Å². The van der Waals surface area contributed by atoms with Crippen molar-refractivity contribution < 1.29 is 13.2 Å². The lowest BCUT2D eigenvalue weighted by Crippen LogP contribution is -2.40. The molecule has 0 aromatic carbocycles. The van der Waals surface area contributed by atoms with Crippen LogP contribution in [0.1, 0.15) is 0 Å². The van der Waals surface area contributed by atoms with Gasteiger partial charge in [-0.1, -0.05) is 0 Å². The molecule has 0 saturated carbocycles. The van der Waals surface area contributed by atoms with Gasteiger partial charge >= 0.3 is 0 Å². The van der Waals surface area contributed by atoms with Crippen LogP contribution in [0.15, 0.2) is 0 Å². The Morgan fingerprint density at radius 3 is 2.10 bits per heavy atom. The maximum absolute atomic E-state index is 10.9. The third kappa shape index (κ3) is 1.97. The Kier molecular flexibility index (Phi) is 2.33. The van der Waals surface area contributed by atoms with E-state index in [-0.39, 0.29) is 0 Å². The molecule has 0 unspecified atom stereocenters. The summed E-state index contributed by atoms with van der Waals surface area (Å²) in [6, 6.07) is 0. The minimum absolute atomic E-state index is 0.499. The van der Waals surface area contributed by atoms with E-state index in [0.717, 1.165) is 0 Å². The maximum Gasteiger partial charge on any atom is 0.276 e. The number of hydrogen-bond acceptors (Lipinski definition) is 3. The summed E-state index contributed by atoms with van der Waals surface area (Å²) in [6.07, 6.45) is 0. The van der Waals surface area contributed by atoms with E-state index < -0.39 is 9.87 Å². The van der Waals surface area contributed by atoms with Crippen molar-refractivity contribution in [3.05, 3.63) is 0 Å². The second-order valence-electron chi connectivity index (χ2n) is 2.27. The summed E-state index contributed by atoms with van der Waals surface area (Å²) in [6.45, 7) is 2.04. The van der Waals surface area contributed by atoms with Crippen LogP contribution < -0.4 is 0 Å². The van der Waals surface area contributed by atoms with Gasteiger partial charge in [0.25, 0.3) is 7.12 Å². The van der Waals surface area contributed by atoms with Gasteiger partial charge in [-0.3, -0.25) is 0 Å². The molecule has 0 aliphatic carbocycles. The quantitative estimate of drug-likeness (QED) is 0.428. The zero-order valence-electron chi connectivity index (χ0n) is 5.91. The Balaban J connectivity index is 2.56. The first-order chi connectivity index (χ1) is 4.61. The van der Waals surface area contributed by atoms with Gasteiger partial charge < -0.3 is 4.74 Å². The van der Waals surface area contributed by atoms with Gasteiger partial charge in [0, 0.05) is 13.1 Å². The van der Waals surface area contributed by atoms with Crippen LogP contribution >= 0.6 is 0 Å². The summed E-state index contributed by atoms with van der Waals surface area (Å²) < 4.78 is 28.1. The number of ether oxygens (including phenoxy) is 1. The highest BCUT2D eigenvalue weighted by Gasteiger charge is 2.18. The molecule has 58 valence electrons. The van der Waals surface area contributed by atoms with Crippen LogP contribution in [-0.2, 0) is 14.6 Å². The van der Waals surface area contributed by atoms with Crippen molar-refractivity contribution in [2.45, 2.75) is 0 Å². The third-order valence-electron chi connectivity index (χ3n) is 1.44. The van der Waals surface area contributed by atoms with E-state index in [1.54, 1.807) is 0 Å². The minimum Gasteiger partial charge on any atom is -0.379 e. The van der Waals surface area contributed by atoms with Gasteiger partial charge in [0.05, 0.1) is 13.2 Å². The molecule has 0 aromatic heterocycles. The fraction of sp³-hybridized carbons (Fsp3) is 1.00. The number of morpholine rings is 1. The smallest absolute Gasteiger partial charge is 0.276 e. The molecule has 6 heteroatoms. The fourth-order valence-corrected chi connectivity index (χ4v) is 1.69. The zero-order chi connectivity index (χ0) is 7.61. The highest BCUT2D eigenvalue weighted by Crippen LogP contribution is 2.00. The van der Waals surface area contributed by atoms with Gasteiger partial charge in [0.2, 0.25) is 0 Å². The van der Waals surface area contributed by atoms with Crippen molar-refractivity contribution in [2.24, 2.45) is 0 Å². The molecule has 0 bridgehead atoms. The van der Waals surface area contributed by atoms with Crippen LogP contribution in [-0.4, -0.2) is 46.2 Å². The molecule has 0 radical (unpaired) electrons. The molecule has 1 aliphatic heterocycles. The summed E-state index contributed by atoms with van der Waals surface area (Å²) in [5, 5.41) is 0. The number of rotatable bonds is 1. The van der Waals surface area contributed by atoms with Crippen LogP contribution in [0.2, 0.25) is 0 Å². The zero-order valence-corrected chi connectivity index (χ0v) is 6.73. The van der Waals surface area contributed by atoms with E-state index in [1.807, 2.05) is 0 Å². The lowest BCUT2D eigenvalue weighted by Gasteiger charge is -2.24. The molecule has 0 aromatic rings. The lowest BCUT2D eigenvalue weighted by molar-refractivity contribution is 0.0740. The van der Waals surface area contributed by atoms with E-state index in [9.17, 15) is 8.42 Å². The van der Waals surface area contributed by atoms with Gasteiger partial charge in [-0.05, 0) is 0 Å². The predicted molar refractivity (Wildman–Crippen MR) is 39.9 cm³/mol. The average molecular weight is 163 g/mol. The highest BCUT2D eigenvalue weighted by molar-refractivity contribution is 8.10. The Labute approximate surface area is 61.5 Å². The highest BCUT2D eigenvalue weighted by atomic mass is 32.2. The third-order valence-corrected chi connectivity index (χ3v) is 2.74. The molecule has 4 nitrogen and oxygen atoms in total. The summed E-state index contributed by atoms with van der Waals surface area (Å²) in [7, 11) is -1.75. The first-order valence-corrected chi connectivity index (χ1v) is 4.98. The fourth-order valence-electron chi connectivity index (χ4n) is 0.878. The molecule has 1 saturated heterocycles. The molecule has 0 atom stereocenters. The molecule has 0 N–H and O–H groups in total. The van der Waals surface area contributed by atoms with Gasteiger partial charge in [-0.25, -0.2) is 12.7 Å². The number of hydrogen-bond donors (Lipinski definition) is 0. The Morgan fingerprint density at radius 1 is 1.30 bits per heavy atom. The predicted octanol–water partition coefficient (Wildman–Crippen LogP) is -1.80. The topological polar surface area (TPSA) is 46.6 Å². The molecular formula is C4H10BNO3S. The largest absolute Gasteiger partial charge is 0.379 e. The van der Waals surface area contributed by atoms with Crippen LogP contribution in [0.5, 0.6) is 0 Å². The lowest BCUT2D eigenvalue weighted by atomic mass is 10.5. The Hall–Kier alpha value is -0.0651. The summed E-state index contributed by atoms with van der Waals surface area (Å²) in [4.78, 5) is 0. The van der Waals surface area contributed by atoms with Crippen LogP contribution in [0, 0.1) is 0 Å². The Bertz CT molecular complexity index is 197. The van der Waals surface area contributed by atoms with Crippen molar-refractivity contribution in [1.82, 2.24) is 4.31 Å². The molecular weight excluding hydrogens is 153 g/mol. The average Bonchev–Trinajstić information content (AvgIpc) is 1.88. The van der Waals surface area contributed by atoms with Gasteiger partial charge in [0.1, 0.15) is 0 Å². The van der Waals surface area contributed by atoms with E-state index >= 15 is 0 Å². The second kappa shape index (κ2) is 2.90. The molecule has 1 aliphatic rings. The van der Waals surface area contributed by atoms with Crippen LogP contribution in [0.25, 0.3) is 0 Å². The molecule has 1 heterocycles. The van der Waals surface area contributed by atoms with Crippen molar-refractivity contribution in [3.63, 3.8) is 0 Å². The first kappa shape index (κ1) is 8.04.